The predicted molar refractivity (Wildman–Crippen MR) is 71.0 cm³/mol. The lowest BCUT2D eigenvalue weighted by Gasteiger charge is -2.06. The van der Waals surface area contributed by atoms with E-state index in [4.69, 9.17) is 11.6 Å². The van der Waals surface area contributed by atoms with Crippen LogP contribution in [0, 0.1) is 0 Å². The molecule has 3 rings (SSSR count). The van der Waals surface area contributed by atoms with E-state index in [2.05, 4.69) is 15.3 Å². The molecule has 1 fully saturated rings. The Balaban J connectivity index is 2.18. The molecular weight excluding hydrogens is 256 g/mol. The number of H-pyrrole nitrogens is 1. The number of alkyl halides is 1. The number of nitrogens with zero attached hydrogens (tertiary/aromatic N) is 1. The van der Waals surface area contributed by atoms with Crippen molar-refractivity contribution >= 4 is 33.2 Å². The number of hydrogen-bond acceptors (Lipinski definition) is 3. The lowest BCUT2D eigenvalue weighted by atomic mass is 9.98. The highest BCUT2D eigenvalue weighted by molar-refractivity contribution is 7.16. The Labute approximate surface area is 108 Å². The maximum Gasteiger partial charge on any atom is 0.259 e. The first-order valence-corrected chi connectivity index (χ1v) is 7.27. The SMILES string of the molecule is O=c1[nH]c(CCl)nc2scc(C3CCCC3)c12. The van der Waals surface area contributed by atoms with Crippen LogP contribution in [0.5, 0.6) is 0 Å². The van der Waals surface area contributed by atoms with Gasteiger partial charge in [-0.1, -0.05) is 12.8 Å². The molecule has 0 atom stereocenters. The molecule has 1 aliphatic carbocycles. The fraction of sp³-hybridized carbons (Fsp3) is 0.500. The Morgan fingerprint density at radius 3 is 2.94 bits per heavy atom. The van der Waals surface area contributed by atoms with E-state index in [1.54, 1.807) is 11.3 Å². The van der Waals surface area contributed by atoms with Crippen molar-refractivity contribution in [1.82, 2.24) is 9.97 Å². The second kappa shape index (κ2) is 4.42. The monoisotopic (exact) mass is 268 g/mol. The number of thiophene rings is 1. The summed E-state index contributed by atoms with van der Waals surface area (Å²) in [4.78, 5) is 20.0. The highest BCUT2D eigenvalue weighted by atomic mass is 35.5. The third-order valence-electron chi connectivity index (χ3n) is 3.44. The van der Waals surface area contributed by atoms with Crippen LogP contribution in [0.25, 0.3) is 10.2 Å². The number of nitrogens with one attached hydrogen (secondary N) is 1. The number of halogens is 1. The number of fused-ring (bicyclic) bond motifs is 1. The van der Waals surface area contributed by atoms with E-state index >= 15 is 0 Å². The topological polar surface area (TPSA) is 45.8 Å². The van der Waals surface area contributed by atoms with Crippen LogP contribution < -0.4 is 5.56 Å². The molecule has 2 aromatic rings. The second-order valence-corrected chi connectivity index (χ2v) is 5.62. The van der Waals surface area contributed by atoms with Crippen LogP contribution in [0.2, 0.25) is 0 Å². The van der Waals surface area contributed by atoms with E-state index in [1.807, 2.05) is 0 Å². The molecule has 0 saturated heterocycles. The minimum absolute atomic E-state index is 0.0335. The first kappa shape index (κ1) is 11.2. The zero-order chi connectivity index (χ0) is 11.8. The summed E-state index contributed by atoms with van der Waals surface area (Å²) in [7, 11) is 0. The standard InChI is InChI=1S/C12H13ClN2OS/c13-5-9-14-11(16)10-8(6-17-12(10)15-9)7-3-1-2-4-7/h6-7H,1-5H2,(H,14,15,16). The molecule has 17 heavy (non-hydrogen) atoms. The molecule has 0 aliphatic heterocycles. The van der Waals surface area contributed by atoms with Crippen molar-refractivity contribution in [3.8, 4) is 0 Å². The molecule has 0 unspecified atom stereocenters. The van der Waals surface area contributed by atoms with Gasteiger partial charge in [-0.2, -0.15) is 0 Å². The smallest absolute Gasteiger partial charge is 0.259 e. The third-order valence-corrected chi connectivity index (χ3v) is 4.59. The van der Waals surface area contributed by atoms with Gasteiger partial charge in [0.2, 0.25) is 0 Å². The van der Waals surface area contributed by atoms with Crippen molar-refractivity contribution in [3.05, 3.63) is 27.1 Å². The molecule has 90 valence electrons. The lowest BCUT2D eigenvalue weighted by molar-refractivity contribution is 0.731. The average molecular weight is 269 g/mol. The van der Waals surface area contributed by atoms with E-state index in [1.165, 1.54) is 31.2 Å². The molecular formula is C12H13ClN2OS. The summed E-state index contributed by atoms with van der Waals surface area (Å²) >= 11 is 7.26. The molecule has 0 spiro atoms. The van der Waals surface area contributed by atoms with Crippen molar-refractivity contribution in [3.63, 3.8) is 0 Å². The van der Waals surface area contributed by atoms with Crippen molar-refractivity contribution in [2.24, 2.45) is 0 Å². The summed E-state index contributed by atoms with van der Waals surface area (Å²) in [5.74, 6) is 1.36. The number of aromatic amines is 1. The van der Waals surface area contributed by atoms with Gasteiger partial charge < -0.3 is 4.98 Å². The summed E-state index contributed by atoms with van der Waals surface area (Å²) in [5.41, 5.74) is 1.16. The normalized spacial score (nSPS) is 17.0. The van der Waals surface area contributed by atoms with Gasteiger partial charge in [0.15, 0.2) is 0 Å². The first-order chi connectivity index (χ1) is 8.29. The van der Waals surface area contributed by atoms with E-state index in [0.717, 1.165) is 10.2 Å². The Morgan fingerprint density at radius 2 is 2.24 bits per heavy atom. The third kappa shape index (κ3) is 1.89. The molecule has 0 aromatic carbocycles. The average Bonchev–Trinajstić information content (AvgIpc) is 2.96. The molecule has 0 radical (unpaired) electrons. The van der Waals surface area contributed by atoms with Gasteiger partial charge in [-0.25, -0.2) is 4.98 Å². The summed E-state index contributed by atoms with van der Waals surface area (Å²) < 4.78 is 0. The van der Waals surface area contributed by atoms with E-state index < -0.39 is 0 Å². The second-order valence-electron chi connectivity index (χ2n) is 4.50. The van der Waals surface area contributed by atoms with Gasteiger partial charge in [-0.05, 0) is 29.7 Å². The van der Waals surface area contributed by atoms with Gasteiger partial charge in [-0.15, -0.1) is 22.9 Å². The Morgan fingerprint density at radius 1 is 1.47 bits per heavy atom. The van der Waals surface area contributed by atoms with Crippen molar-refractivity contribution in [1.29, 1.82) is 0 Å². The van der Waals surface area contributed by atoms with Crippen molar-refractivity contribution in [2.45, 2.75) is 37.5 Å². The quantitative estimate of drug-likeness (QED) is 0.849. The van der Waals surface area contributed by atoms with Crippen LogP contribution in [0.4, 0.5) is 0 Å². The molecule has 0 bridgehead atoms. The fourth-order valence-electron chi connectivity index (χ4n) is 2.62. The highest BCUT2D eigenvalue weighted by Crippen LogP contribution is 2.38. The summed E-state index contributed by atoms with van der Waals surface area (Å²) in [6, 6.07) is 0. The highest BCUT2D eigenvalue weighted by Gasteiger charge is 2.22. The largest absolute Gasteiger partial charge is 0.309 e. The van der Waals surface area contributed by atoms with Crippen LogP contribution in [0.3, 0.4) is 0 Å². The van der Waals surface area contributed by atoms with Gasteiger partial charge in [-0.3, -0.25) is 4.79 Å². The van der Waals surface area contributed by atoms with E-state index in [0.29, 0.717) is 11.7 Å². The Hall–Kier alpha value is -0.870. The molecule has 1 saturated carbocycles. The molecule has 5 heteroatoms. The van der Waals surface area contributed by atoms with Crippen molar-refractivity contribution < 1.29 is 0 Å². The number of aromatic nitrogens is 2. The first-order valence-electron chi connectivity index (χ1n) is 5.86. The van der Waals surface area contributed by atoms with Gasteiger partial charge in [0.05, 0.1) is 11.3 Å². The van der Waals surface area contributed by atoms with E-state index in [9.17, 15) is 4.79 Å². The Kier molecular flexibility index (Phi) is 2.92. The maximum absolute atomic E-state index is 12.0. The van der Waals surface area contributed by atoms with Gasteiger partial charge in [0.25, 0.3) is 5.56 Å². The Bertz CT molecular complexity index is 598. The number of rotatable bonds is 2. The predicted octanol–water partition coefficient (Wildman–Crippen LogP) is 3.38. The minimum Gasteiger partial charge on any atom is -0.309 e. The van der Waals surface area contributed by atoms with Crippen LogP contribution in [-0.4, -0.2) is 9.97 Å². The molecule has 0 amide bonds. The summed E-state index contributed by atoms with van der Waals surface area (Å²) in [5, 5.41) is 2.89. The molecule has 2 heterocycles. The molecule has 1 aliphatic rings. The van der Waals surface area contributed by atoms with E-state index in [-0.39, 0.29) is 11.4 Å². The molecule has 3 nitrogen and oxygen atoms in total. The van der Waals surface area contributed by atoms with Crippen LogP contribution >= 0.6 is 22.9 Å². The zero-order valence-corrected chi connectivity index (χ0v) is 10.9. The van der Waals surface area contributed by atoms with Crippen LogP contribution in [0.1, 0.15) is 43.0 Å². The van der Waals surface area contributed by atoms with Crippen LogP contribution in [0.15, 0.2) is 10.2 Å². The summed E-state index contributed by atoms with van der Waals surface area (Å²) in [6.07, 6.45) is 4.94. The van der Waals surface area contributed by atoms with Gasteiger partial charge in [0, 0.05) is 0 Å². The molecule has 2 aromatic heterocycles. The fourth-order valence-corrected chi connectivity index (χ4v) is 3.78. The number of hydrogen-bond donors (Lipinski definition) is 1. The maximum atomic E-state index is 12.0. The summed E-state index contributed by atoms with van der Waals surface area (Å²) in [6.45, 7) is 0. The van der Waals surface area contributed by atoms with Crippen LogP contribution in [-0.2, 0) is 5.88 Å². The zero-order valence-electron chi connectivity index (χ0n) is 9.33. The van der Waals surface area contributed by atoms with Gasteiger partial charge in [0.1, 0.15) is 10.7 Å². The minimum atomic E-state index is -0.0335. The van der Waals surface area contributed by atoms with Crippen molar-refractivity contribution in [2.75, 3.05) is 0 Å². The lowest BCUT2D eigenvalue weighted by Crippen LogP contribution is -2.11. The van der Waals surface area contributed by atoms with Gasteiger partial charge >= 0.3 is 0 Å². The molecule has 1 N–H and O–H groups in total.